The van der Waals surface area contributed by atoms with E-state index in [0.29, 0.717) is 11.8 Å². The maximum absolute atomic E-state index is 6.48. The van der Waals surface area contributed by atoms with Crippen LogP contribution in [0.15, 0.2) is 168 Å². The van der Waals surface area contributed by atoms with Gasteiger partial charge in [-0.25, -0.2) is 0 Å². The summed E-state index contributed by atoms with van der Waals surface area (Å²) in [4.78, 5) is 2.52. The van der Waals surface area contributed by atoms with E-state index in [0.717, 1.165) is 50.6 Å². The lowest BCUT2D eigenvalue weighted by atomic mass is 9.51. The lowest BCUT2D eigenvalue weighted by Crippen LogP contribution is -2.48. The Morgan fingerprint density at radius 2 is 1.13 bits per heavy atom. The number of benzene rings is 7. The Morgan fingerprint density at radius 1 is 0.455 bits per heavy atom. The molecule has 8 aromatic rings. The molecule has 5 aliphatic rings. The van der Waals surface area contributed by atoms with Crippen LogP contribution in [0.5, 0.6) is 0 Å². The standard InChI is InChI=1S/C53H43NO/c1-2-11-36(12-3-1)42-13-5-8-19-50(42)54(40-25-22-37(23-26-40)43-16-10-17-47-46-15-6-9-20-51(46)55-52(43)47)41-27-28-45-44-14-4-7-18-48(44)53(49(45)33-41)38-24-21-34-29-35(31-38)32-39(53)30-34/h1-20,22-23,25-28,33-35,38-39H,21,24,29-32H2. The molecule has 0 aliphatic heterocycles. The molecule has 2 heteroatoms. The van der Waals surface area contributed by atoms with Gasteiger partial charge in [0, 0.05) is 38.7 Å². The first-order chi connectivity index (χ1) is 27.2. The molecule has 0 amide bonds. The first kappa shape index (κ1) is 31.5. The normalized spacial score (nSPS) is 23.3. The largest absolute Gasteiger partial charge is 0.455 e. The molecule has 5 aliphatic carbocycles. The van der Waals surface area contributed by atoms with Crippen molar-refractivity contribution < 1.29 is 4.42 Å². The molecule has 1 spiro atoms. The van der Waals surface area contributed by atoms with E-state index >= 15 is 0 Å². The van der Waals surface area contributed by atoms with Gasteiger partial charge in [0.25, 0.3) is 0 Å². The molecule has 266 valence electrons. The quantitative estimate of drug-likeness (QED) is 0.177. The lowest BCUT2D eigenvalue weighted by Gasteiger charge is -2.53. The molecule has 5 atom stereocenters. The molecule has 7 aromatic carbocycles. The molecule has 5 unspecified atom stereocenters. The average molecular weight is 710 g/mol. The summed E-state index contributed by atoms with van der Waals surface area (Å²) in [5.41, 5.74) is 16.4. The summed E-state index contributed by atoms with van der Waals surface area (Å²) in [5.74, 6) is 3.21. The number of furan rings is 1. The van der Waals surface area contributed by atoms with Crippen molar-refractivity contribution in [1.29, 1.82) is 0 Å². The monoisotopic (exact) mass is 709 g/mol. The van der Waals surface area contributed by atoms with Crippen molar-refractivity contribution in [1.82, 2.24) is 0 Å². The van der Waals surface area contributed by atoms with Crippen molar-refractivity contribution in [2.75, 3.05) is 4.90 Å². The van der Waals surface area contributed by atoms with Crippen LogP contribution >= 0.6 is 0 Å². The Bertz CT molecular complexity index is 2750. The summed E-state index contributed by atoms with van der Waals surface area (Å²) >= 11 is 0. The summed E-state index contributed by atoms with van der Waals surface area (Å²) < 4.78 is 6.48. The van der Waals surface area contributed by atoms with E-state index in [4.69, 9.17) is 4.42 Å². The number of para-hydroxylation sites is 3. The maximum atomic E-state index is 6.48. The minimum absolute atomic E-state index is 0.0906. The summed E-state index contributed by atoms with van der Waals surface area (Å²) in [6.07, 6.45) is 8.36. The topological polar surface area (TPSA) is 16.4 Å². The molecule has 0 saturated heterocycles. The van der Waals surface area contributed by atoms with Crippen molar-refractivity contribution in [2.45, 2.75) is 43.9 Å². The predicted molar refractivity (Wildman–Crippen MR) is 227 cm³/mol. The third-order valence-electron chi connectivity index (χ3n) is 14.2. The highest BCUT2D eigenvalue weighted by Gasteiger charge is 2.59. The first-order valence-corrected chi connectivity index (χ1v) is 20.4. The third kappa shape index (κ3) is 4.61. The summed E-state index contributed by atoms with van der Waals surface area (Å²) in [6.45, 7) is 0. The Hall–Kier alpha value is -5.86. The Balaban J connectivity index is 1.05. The highest BCUT2D eigenvalue weighted by molar-refractivity contribution is 6.09. The van der Waals surface area contributed by atoms with Crippen LogP contribution in [-0.2, 0) is 5.41 Å². The Kier molecular flexibility index (Phi) is 6.91. The summed E-state index contributed by atoms with van der Waals surface area (Å²) in [7, 11) is 0. The van der Waals surface area contributed by atoms with Crippen LogP contribution in [0, 0.1) is 23.7 Å². The number of anilines is 3. The summed E-state index contributed by atoms with van der Waals surface area (Å²) in [6, 6.07) is 60.8. The molecule has 4 fully saturated rings. The number of rotatable bonds is 5. The smallest absolute Gasteiger partial charge is 0.143 e. The van der Waals surface area contributed by atoms with Gasteiger partial charge in [-0.3, -0.25) is 0 Å². The van der Waals surface area contributed by atoms with Crippen LogP contribution < -0.4 is 4.90 Å². The molecule has 4 saturated carbocycles. The van der Waals surface area contributed by atoms with Gasteiger partial charge >= 0.3 is 0 Å². The fourth-order valence-electron chi connectivity index (χ4n) is 12.1. The van der Waals surface area contributed by atoms with E-state index in [-0.39, 0.29) is 5.41 Å². The molecule has 0 radical (unpaired) electrons. The van der Waals surface area contributed by atoms with Crippen molar-refractivity contribution in [3.05, 3.63) is 175 Å². The van der Waals surface area contributed by atoms with Crippen LogP contribution in [-0.4, -0.2) is 0 Å². The van der Waals surface area contributed by atoms with E-state index in [9.17, 15) is 0 Å². The van der Waals surface area contributed by atoms with Gasteiger partial charge in [-0.15, -0.1) is 0 Å². The van der Waals surface area contributed by atoms with Gasteiger partial charge in [0.2, 0.25) is 0 Å². The van der Waals surface area contributed by atoms with Gasteiger partial charge in [0.05, 0.1) is 5.69 Å². The Labute approximate surface area is 323 Å². The molecular weight excluding hydrogens is 667 g/mol. The number of hydrogen-bond acceptors (Lipinski definition) is 2. The summed E-state index contributed by atoms with van der Waals surface area (Å²) in [5, 5.41) is 2.32. The molecule has 2 nitrogen and oxygen atoms in total. The molecular formula is C53H43NO. The molecule has 55 heavy (non-hydrogen) atoms. The van der Waals surface area contributed by atoms with Crippen molar-refractivity contribution >= 4 is 39.0 Å². The van der Waals surface area contributed by atoms with E-state index in [1.165, 1.54) is 72.2 Å². The third-order valence-corrected chi connectivity index (χ3v) is 14.2. The van der Waals surface area contributed by atoms with Gasteiger partial charge in [0.1, 0.15) is 11.2 Å². The Morgan fingerprint density at radius 3 is 2.04 bits per heavy atom. The SMILES string of the molecule is c1ccc(-c2ccccc2N(c2ccc(-c3cccc4c3oc3ccccc34)cc2)c2ccc3c(c2)C2(c4ccccc4-3)C3CCC4CC(C3)CC2C4)cc1. The number of hydrogen-bond donors (Lipinski definition) is 0. The second-order valence-electron chi connectivity index (χ2n) is 16.8. The highest BCUT2D eigenvalue weighted by atomic mass is 16.3. The van der Waals surface area contributed by atoms with Crippen molar-refractivity contribution in [3.63, 3.8) is 0 Å². The van der Waals surface area contributed by atoms with Crippen LogP contribution in [0.2, 0.25) is 0 Å². The predicted octanol–water partition coefficient (Wildman–Crippen LogP) is 14.5. The lowest BCUT2D eigenvalue weighted by molar-refractivity contribution is 0.0618. The van der Waals surface area contributed by atoms with E-state index in [1.807, 2.05) is 6.07 Å². The molecule has 1 heterocycles. The molecule has 1 aromatic heterocycles. The first-order valence-electron chi connectivity index (χ1n) is 20.4. The fraction of sp³-hybridized carbons (Fsp3) is 0.208. The maximum Gasteiger partial charge on any atom is 0.143 e. The molecule has 4 bridgehead atoms. The minimum Gasteiger partial charge on any atom is -0.455 e. The van der Waals surface area contributed by atoms with Crippen LogP contribution in [0.25, 0.3) is 55.3 Å². The number of nitrogens with zero attached hydrogens (tertiary/aromatic N) is 1. The minimum atomic E-state index is 0.0906. The highest BCUT2D eigenvalue weighted by Crippen LogP contribution is 2.68. The van der Waals surface area contributed by atoms with E-state index < -0.39 is 0 Å². The van der Waals surface area contributed by atoms with Crippen molar-refractivity contribution in [2.24, 2.45) is 23.7 Å². The van der Waals surface area contributed by atoms with Gasteiger partial charge < -0.3 is 9.32 Å². The van der Waals surface area contributed by atoms with Gasteiger partial charge in [-0.1, -0.05) is 134 Å². The molecule has 13 rings (SSSR count). The van der Waals surface area contributed by atoms with Gasteiger partial charge in [-0.2, -0.15) is 0 Å². The van der Waals surface area contributed by atoms with Crippen LogP contribution in [0.1, 0.15) is 49.7 Å². The fourth-order valence-corrected chi connectivity index (χ4v) is 12.1. The molecule has 0 N–H and O–H groups in total. The zero-order valence-electron chi connectivity index (χ0n) is 31.0. The van der Waals surface area contributed by atoms with Gasteiger partial charge in [-0.05, 0) is 126 Å². The van der Waals surface area contributed by atoms with Crippen LogP contribution in [0.4, 0.5) is 17.1 Å². The zero-order valence-corrected chi connectivity index (χ0v) is 31.0. The number of fused-ring (bicyclic) bond motifs is 7. The zero-order chi connectivity index (χ0) is 36.1. The van der Waals surface area contributed by atoms with Crippen LogP contribution in [0.3, 0.4) is 0 Å². The second-order valence-corrected chi connectivity index (χ2v) is 16.8. The van der Waals surface area contributed by atoms with Crippen molar-refractivity contribution in [3.8, 4) is 33.4 Å². The van der Waals surface area contributed by atoms with E-state index in [2.05, 4.69) is 163 Å². The van der Waals surface area contributed by atoms with Gasteiger partial charge in [0.15, 0.2) is 0 Å². The average Bonchev–Trinajstić information content (AvgIpc) is 3.68. The second kappa shape index (κ2) is 12.1. The van der Waals surface area contributed by atoms with E-state index in [1.54, 1.807) is 11.1 Å².